The lowest BCUT2D eigenvalue weighted by molar-refractivity contribution is -0.122. The Morgan fingerprint density at radius 2 is 2.41 bits per heavy atom. The van der Waals surface area contributed by atoms with E-state index in [1.807, 2.05) is 6.92 Å². The number of hydrogen-bond donors (Lipinski definition) is 2. The first-order valence-corrected chi connectivity index (χ1v) is 6.01. The Hall–Kier alpha value is -1.30. The summed E-state index contributed by atoms with van der Waals surface area (Å²) in [6.45, 7) is 4.74. The third kappa shape index (κ3) is 4.22. The molecule has 2 atom stereocenters. The van der Waals surface area contributed by atoms with Gasteiger partial charge in [0.05, 0.1) is 6.54 Å². The number of amides is 2. The Labute approximate surface area is 101 Å². The van der Waals surface area contributed by atoms with Crippen molar-refractivity contribution in [1.29, 1.82) is 0 Å². The quantitative estimate of drug-likeness (QED) is 0.691. The third-order valence-electron chi connectivity index (χ3n) is 2.68. The van der Waals surface area contributed by atoms with E-state index >= 15 is 0 Å². The predicted octanol–water partition coefficient (Wildman–Crippen LogP) is 0.0707. The van der Waals surface area contributed by atoms with E-state index in [0.717, 1.165) is 12.8 Å². The Morgan fingerprint density at radius 3 is 2.94 bits per heavy atom. The summed E-state index contributed by atoms with van der Waals surface area (Å²) in [5.41, 5.74) is 5.40. The van der Waals surface area contributed by atoms with Crippen LogP contribution in [-0.2, 0) is 9.53 Å². The van der Waals surface area contributed by atoms with Gasteiger partial charge in [0.15, 0.2) is 0 Å². The van der Waals surface area contributed by atoms with E-state index in [-0.39, 0.29) is 31.1 Å². The molecule has 98 valence electrons. The molecular weight excluding hydrogens is 222 g/mol. The molecule has 1 aliphatic rings. The molecular formula is C11H21N3O3. The number of carbonyl (C=O) groups excluding carboxylic acids is 2. The SMILES string of the molecule is CCCC(C)NC(=O)CN1CC(CN)OC1=O. The van der Waals surface area contributed by atoms with Crippen molar-refractivity contribution in [3.63, 3.8) is 0 Å². The lowest BCUT2D eigenvalue weighted by atomic mass is 10.2. The Balaban J connectivity index is 2.34. The first-order valence-electron chi connectivity index (χ1n) is 6.01. The van der Waals surface area contributed by atoms with Crippen molar-refractivity contribution in [2.45, 2.75) is 38.8 Å². The van der Waals surface area contributed by atoms with Gasteiger partial charge >= 0.3 is 6.09 Å². The number of hydrogen-bond acceptors (Lipinski definition) is 4. The van der Waals surface area contributed by atoms with Gasteiger partial charge in [-0.15, -0.1) is 0 Å². The van der Waals surface area contributed by atoms with E-state index in [9.17, 15) is 9.59 Å². The topological polar surface area (TPSA) is 84.7 Å². The highest BCUT2D eigenvalue weighted by atomic mass is 16.6. The molecule has 3 N–H and O–H groups in total. The monoisotopic (exact) mass is 243 g/mol. The van der Waals surface area contributed by atoms with Crippen molar-refractivity contribution >= 4 is 12.0 Å². The fourth-order valence-electron chi connectivity index (χ4n) is 1.83. The molecule has 1 heterocycles. The number of cyclic esters (lactones) is 1. The van der Waals surface area contributed by atoms with E-state index in [1.165, 1.54) is 4.90 Å². The average molecular weight is 243 g/mol. The minimum Gasteiger partial charge on any atom is -0.443 e. The molecule has 0 aromatic carbocycles. The maximum Gasteiger partial charge on any atom is 0.410 e. The fraction of sp³-hybridized carbons (Fsp3) is 0.818. The lowest BCUT2D eigenvalue weighted by Gasteiger charge is -2.16. The van der Waals surface area contributed by atoms with Crippen LogP contribution in [0.2, 0.25) is 0 Å². The molecule has 0 aromatic heterocycles. The van der Waals surface area contributed by atoms with Gasteiger partial charge in [-0.2, -0.15) is 0 Å². The van der Waals surface area contributed by atoms with E-state index in [4.69, 9.17) is 10.5 Å². The minimum absolute atomic E-state index is 0.0450. The minimum atomic E-state index is -0.459. The standard InChI is InChI=1S/C11H21N3O3/c1-3-4-8(2)13-10(15)7-14-6-9(5-12)17-11(14)16/h8-9H,3-7,12H2,1-2H3,(H,13,15). The third-order valence-corrected chi connectivity index (χ3v) is 2.68. The summed E-state index contributed by atoms with van der Waals surface area (Å²) in [5.74, 6) is -0.152. The molecule has 0 radical (unpaired) electrons. The highest BCUT2D eigenvalue weighted by Crippen LogP contribution is 2.09. The zero-order chi connectivity index (χ0) is 12.8. The molecule has 1 aliphatic heterocycles. The van der Waals surface area contributed by atoms with Crippen molar-refractivity contribution in [1.82, 2.24) is 10.2 Å². The van der Waals surface area contributed by atoms with Crippen LogP contribution < -0.4 is 11.1 Å². The number of ether oxygens (including phenoxy) is 1. The lowest BCUT2D eigenvalue weighted by Crippen LogP contribution is -2.41. The van der Waals surface area contributed by atoms with Gasteiger partial charge in [-0.05, 0) is 13.3 Å². The van der Waals surface area contributed by atoms with Crippen molar-refractivity contribution in [3.05, 3.63) is 0 Å². The summed E-state index contributed by atoms with van der Waals surface area (Å²) in [7, 11) is 0. The second-order valence-electron chi connectivity index (χ2n) is 4.38. The van der Waals surface area contributed by atoms with Gasteiger partial charge in [0.2, 0.25) is 5.91 Å². The zero-order valence-corrected chi connectivity index (χ0v) is 10.4. The van der Waals surface area contributed by atoms with Gasteiger partial charge in [-0.25, -0.2) is 4.79 Å². The summed E-state index contributed by atoms with van der Waals surface area (Å²) in [6, 6.07) is 0.136. The molecule has 1 fully saturated rings. The van der Waals surface area contributed by atoms with Crippen molar-refractivity contribution in [2.75, 3.05) is 19.6 Å². The smallest absolute Gasteiger partial charge is 0.410 e. The van der Waals surface area contributed by atoms with E-state index < -0.39 is 6.09 Å². The summed E-state index contributed by atoms with van der Waals surface area (Å²) in [6.07, 6.45) is 1.20. The zero-order valence-electron chi connectivity index (χ0n) is 10.4. The molecule has 6 nitrogen and oxygen atoms in total. The van der Waals surface area contributed by atoms with Crippen LogP contribution in [0.4, 0.5) is 4.79 Å². The molecule has 2 unspecified atom stereocenters. The van der Waals surface area contributed by atoms with Crippen LogP contribution in [0.3, 0.4) is 0 Å². The molecule has 6 heteroatoms. The van der Waals surface area contributed by atoms with Crippen LogP contribution in [0.15, 0.2) is 0 Å². The highest BCUT2D eigenvalue weighted by molar-refractivity contribution is 5.83. The molecule has 17 heavy (non-hydrogen) atoms. The number of nitrogens with two attached hydrogens (primary N) is 1. The van der Waals surface area contributed by atoms with Crippen molar-refractivity contribution in [3.8, 4) is 0 Å². The Bertz CT molecular complexity index is 283. The first-order chi connectivity index (χ1) is 8.06. The van der Waals surface area contributed by atoms with Crippen LogP contribution >= 0.6 is 0 Å². The Morgan fingerprint density at radius 1 is 1.71 bits per heavy atom. The second kappa shape index (κ2) is 6.44. The largest absolute Gasteiger partial charge is 0.443 e. The average Bonchev–Trinajstić information content (AvgIpc) is 2.59. The first kappa shape index (κ1) is 13.8. The van der Waals surface area contributed by atoms with Crippen LogP contribution in [0.5, 0.6) is 0 Å². The van der Waals surface area contributed by atoms with Gasteiger partial charge in [-0.3, -0.25) is 9.69 Å². The molecule has 1 saturated heterocycles. The van der Waals surface area contributed by atoms with Crippen LogP contribution in [0, 0.1) is 0 Å². The predicted molar refractivity (Wildman–Crippen MR) is 63.4 cm³/mol. The summed E-state index contributed by atoms with van der Waals surface area (Å²) in [4.78, 5) is 24.4. The second-order valence-corrected chi connectivity index (χ2v) is 4.38. The summed E-state index contributed by atoms with van der Waals surface area (Å²) < 4.78 is 4.96. The number of nitrogens with one attached hydrogen (secondary N) is 1. The maximum absolute atomic E-state index is 11.6. The van der Waals surface area contributed by atoms with E-state index in [1.54, 1.807) is 0 Å². The fourth-order valence-corrected chi connectivity index (χ4v) is 1.83. The van der Waals surface area contributed by atoms with Gasteiger partial charge in [0, 0.05) is 12.6 Å². The van der Waals surface area contributed by atoms with Gasteiger partial charge < -0.3 is 15.8 Å². The number of rotatable bonds is 6. The molecule has 0 aliphatic carbocycles. The highest BCUT2D eigenvalue weighted by Gasteiger charge is 2.31. The van der Waals surface area contributed by atoms with Crippen LogP contribution in [-0.4, -0.2) is 48.7 Å². The molecule has 1 rings (SSSR count). The molecule has 0 bridgehead atoms. The number of carbonyl (C=O) groups is 2. The molecule has 0 aromatic rings. The Kier molecular flexibility index (Phi) is 5.21. The van der Waals surface area contributed by atoms with Gasteiger partial charge in [0.1, 0.15) is 12.6 Å². The van der Waals surface area contributed by atoms with E-state index in [0.29, 0.717) is 6.54 Å². The van der Waals surface area contributed by atoms with Gasteiger partial charge in [-0.1, -0.05) is 13.3 Å². The summed E-state index contributed by atoms with van der Waals surface area (Å²) >= 11 is 0. The summed E-state index contributed by atoms with van der Waals surface area (Å²) in [5, 5.41) is 2.84. The van der Waals surface area contributed by atoms with Crippen LogP contribution in [0.25, 0.3) is 0 Å². The normalized spacial score (nSPS) is 21.2. The van der Waals surface area contributed by atoms with E-state index in [2.05, 4.69) is 12.2 Å². The van der Waals surface area contributed by atoms with Crippen molar-refractivity contribution in [2.24, 2.45) is 5.73 Å². The van der Waals surface area contributed by atoms with Crippen molar-refractivity contribution < 1.29 is 14.3 Å². The maximum atomic E-state index is 11.6. The molecule has 2 amide bonds. The molecule has 0 spiro atoms. The number of nitrogens with zero attached hydrogens (tertiary/aromatic N) is 1. The van der Waals surface area contributed by atoms with Gasteiger partial charge in [0.25, 0.3) is 0 Å². The van der Waals surface area contributed by atoms with Crippen LogP contribution in [0.1, 0.15) is 26.7 Å². The molecule has 0 saturated carbocycles.